The Kier molecular flexibility index (Phi) is 34.0. The van der Waals surface area contributed by atoms with Gasteiger partial charge in [0.1, 0.15) is 48.3 Å². The van der Waals surface area contributed by atoms with Crippen LogP contribution in [0.25, 0.3) is 0 Å². The Morgan fingerprint density at radius 2 is 1.09 bits per heavy atom. The van der Waals surface area contributed by atoms with Crippen LogP contribution in [0.3, 0.4) is 0 Å². The van der Waals surface area contributed by atoms with E-state index in [1.807, 2.05) is 78.8 Å². The van der Waals surface area contributed by atoms with Crippen molar-refractivity contribution in [3.8, 4) is 17.2 Å². The number of hydrogen-bond donors (Lipinski definition) is 7. The van der Waals surface area contributed by atoms with Crippen molar-refractivity contribution in [1.29, 1.82) is 0 Å². The van der Waals surface area contributed by atoms with Gasteiger partial charge in [-0.1, -0.05) is 53.0 Å². The van der Waals surface area contributed by atoms with Crippen molar-refractivity contribution < 1.29 is 72.1 Å². The lowest BCUT2D eigenvalue weighted by Gasteiger charge is -2.31. The molecule has 3 aromatic carbocycles. The van der Waals surface area contributed by atoms with Crippen LogP contribution in [0.15, 0.2) is 81.2 Å². The van der Waals surface area contributed by atoms with Crippen LogP contribution in [-0.4, -0.2) is 151 Å². The lowest BCUT2D eigenvalue weighted by molar-refractivity contribution is -0.156. The van der Waals surface area contributed by atoms with E-state index in [4.69, 9.17) is 104 Å². The van der Waals surface area contributed by atoms with E-state index in [2.05, 4.69) is 36.1 Å². The summed E-state index contributed by atoms with van der Waals surface area (Å²) in [6.07, 6.45) is 9.42. The van der Waals surface area contributed by atoms with Crippen LogP contribution in [0.1, 0.15) is 131 Å². The maximum Gasteiger partial charge on any atom is 0.306 e. The van der Waals surface area contributed by atoms with E-state index < -0.39 is 29.5 Å². The highest BCUT2D eigenvalue weighted by molar-refractivity contribution is 6.33. The minimum atomic E-state index is -0.616. The summed E-state index contributed by atoms with van der Waals surface area (Å²) in [5, 5.41) is 49.0. The minimum absolute atomic E-state index is 0.156. The maximum absolute atomic E-state index is 11.9. The van der Waals surface area contributed by atoms with Gasteiger partial charge in [-0.25, -0.2) is 15.0 Å². The minimum Gasteiger partial charge on any atom is -0.484 e. The molecule has 0 unspecified atom stereocenters. The fourth-order valence-corrected chi connectivity index (χ4v) is 10.3. The zero-order valence-corrected chi connectivity index (χ0v) is 56.1. The molecule has 0 spiro atoms. The van der Waals surface area contributed by atoms with Crippen LogP contribution < -0.4 is 25.3 Å². The predicted octanol–water partition coefficient (Wildman–Crippen LogP) is 9.51. The Morgan fingerprint density at radius 1 is 0.656 bits per heavy atom. The van der Waals surface area contributed by atoms with Crippen molar-refractivity contribution in [3.63, 3.8) is 0 Å². The number of halogens is 4. The molecule has 6 heterocycles. The second kappa shape index (κ2) is 39.7. The van der Waals surface area contributed by atoms with E-state index in [1.165, 1.54) is 30.3 Å². The first kappa shape index (κ1) is 76.9. The molecule has 0 saturated heterocycles. The quantitative estimate of drug-likeness (QED) is 0.0260. The molecular formula is C64H91Cl4N7O15. The average molecular weight is 1340 g/mol. The number of nitrogens with one attached hydrogen (secondary N) is 1. The normalized spacial score (nSPS) is 14.6. The number of nitrogens with zero attached hydrogens (tertiary/aromatic N) is 5. The highest BCUT2D eigenvalue weighted by Crippen LogP contribution is 2.37. The van der Waals surface area contributed by atoms with Crippen LogP contribution >= 0.6 is 46.4 Å². The van der Waals surface area contributed by atoms with Gasteiger partial charge in [-0.3, -0.25) is 19.4 Å². The number of aromatic nitrogens is 3. The van der Waals surface area contributed by atoms with Crippen molar-refractivity contribution in [2.75, 3.05) is 58.9 Å². The summed E-state index contributed by atoms with van der Waals surface area (Å²) >= 11 is 24.8. The Hall–Kier alpha value is -5.57. The summed E-state index contributed by atoms with van der Waals surface area (Å²) in [6, 6.07) is 11.8. The van der Waals surface area contributed by atoms with Gasteiger partial charge in [0.25, 0.3) is 0 Å². The highest BCUT2D eigenvalue weighted by atomic mass is 35.5. The number of carbonyl (C=O) groups excluding carboxylic acids is 2. The third kappa shape index (κ3) is 27.3. The lowest BCUT2D eigenvalue weighted by atomic mass is 9.98. The molecule has 26 heteroatoms. The van der Waals surface area contributed by atoms with Crippen molar-refractivity contribution in [2.24, 2.45) is 5.73 Å². The fraction of sp³-hybridized carbons (Fsp3) is 0.547. The molecule has 0 saturated carbocycles. The van der Waals surface area contributed by atoms with Gasteiger partial charge in [0.2, 0.25) is 0 Å². The Balaban J connectivity index is 0.000000260. The van der Waals surface area contributed by atoms with Crippen LogP contribution in [0.2, 0.25) is 15.1 Å². The van der Waals surface area contributed by atoms with E-state index in [1.54, 1.807) is 19.3 Å². The molecule has 3 aliphatic heterocycles. The summed E-state index contributed by atoms with van der Waals surface area (Å²) in [6.45, 7) is 21.9. The number of fused-ring (bicyclic) bond motifs is 3. The van der Waals surface area contributed by atoms with Gasteiger partial charge in [0, 0.05) is 84.8 Å². The van der Waals surface area contributed by atoms with Crippen LogP contribution in [0.5, 0.6) is 17.2 Å². The molecule has 3 atom stereocenters. The predicted molar refractivity (Wildman–Crippen MR) is 344 cm³/mol. The second-order valence-electron chi connectivity index (χ2n) is 23.0. The Bertz CT molecular complexity index is 3030. The van der Waals surface area contributed by atoms with Crippen molar-refractivity contribution in [3.05, 3.63) is 139 Å². The second-order valence-corrected chi connectivity index (χ2v) is 24.5. The third-order valence-electron chi connectivity index (χ3n) is 13.4. The zero-order chi connectivity index (χ0) is 66.4. The number of carbonyl (C=O) groups is 2. The van der Waals surface area contributed by atoms with E-state index in [0.29, 0.717) is 95.3 Å². The number of hydrogen-bond acceptors (Lipinski definition) is 22. The summed E-state index contributed by atoms with van der Waals surface area (Å²) in [4.78, 5) is 39.1. The van der Waals surface area contributed by atoms with Gasteiger partial charge in [0.15, 0.2) is 36.5 Å². The van der Waals surface area contributed by atoms with Crippen LogP contribution in [0, 0.1) is 6.92 Å². The SMILES string of the molecule is CC(C)(C)OC(=O)CC[C@H](O)CCl.CCO.CO.Cc1ncoc1COc1ccc2c(c1Cl)CCN(C[C@@H](O)CCC(=O)OC(C)(C)C)C2.Clc1c(OCc2cnco2)ccc2c1CCNC2.NC[C@H](O)CN1CCc2c(ccc(OCc3cnco3)c2Cl)C1. The molecule has 3 aliphatic rings. The molecule has 9 rings (SSSR count). The highest BCUT2D eigenvalue weighted by Gasteiger charge is 2.26. The lowest BCUT2D eigenvalue weighted by Crippen LogP contribution is -2.39. The van der Waals surface area contributed by atoms with Gasteiger partial charge in [-0.05, 0) is 146 Å². The number of ether oxygens (including phenoxy) is 5. The summed E-state index contributed by atoms with van der Waals surface area (Å²) in [5.41, 5.74) is 12.2. The van der Waals surface area contributed by atoms with E-state index in [-0.39, 0.29) is 50.4 Å². The van der Waals surface area contributed by atoms with Gasteiger partial charge < -0.3 is 73.5 Å². The third-order valence-corrected chi connectivity index (χ3v) is 15.0. The number of rotatable bonds is 21. The monoisotopic (exact) mass is 1340 g/mol. The molecule has 22 nitrogen and oxygen atoms in total. The molecule has 0 bridgehead atoms. The number of nitrogens with two attached hydrogens (primary N) is 1. The van der Waals surface area contributed by atoms with E-state index >= 15 is 0 Å². The van der Waals surface area contributed by atoms with Crippen LogP contribution in [-0.2, 0) is 77.8 Å². The molecule has 500 valence electrons. The Labute approximate surface area is 548 Å². The number of esters is 2. The summed E-state index contributed by atoms with van der Waals surface area (Å²) < 4.78 is 43.1. The van der Waals surface area contributed by atoms with Gasteiger partial charge in [0.05, 0.1) is 51.5 Å². The largest absolute Gasteiger partial charge is 0.484 e. The topological polar surface area (TPSA) is 304 Å². The molecule has 6 aromatic rings. The summed E-state index contributed by atoms with van der Waals surface area (Å²) in [5.74, 6) is 3.58. The maximum atomic E-state index is 11.9. The van der Waals surface area contributed by atoms with E-state index in [0.717, 1.165) is 87.0 Å². The number of aliphatic hydroxyl groups excluding tert-OH is 5. The number of oxazole rings is 3. The molecular weight excluding hydrogens is 1250 g/mol. The fourth-order valence-electron chi connectivity index (χ4n) is 9.18. The first-order valence-electron chi connectivity index (χ1n) is 29.8. The molecule has 90 heavy (non-hydrogen) atoms. The average Bonchev–Trinajstić information content (AvgIpc) is 1.27. The van der Waals surface area contributed by atoms with Crippen LogP contribution in [0.4, 0.5) is 0 Å². The standard InChI is InChI=1S/C23H31ClN2O5.C16H20ClN3O3.C13H13ClN2O2.C9H17ClO3.C2H6O.CH4O/c1-15-20(30-14-25-15)13-29-19-7-5-16-11-26(10-9-18(16)22(19)24)12-17(27)6-8-21(28)31-23(2,3)4;17-16-14-3-4-20(8-12(21)5-18)7-11(14)1-2-15(16)22-9-13-6-19-10-23-13;14-13-11-3-4-15-5-9(11)1-2-12(13)17-7-10-6-16-8-18-10;1-9(2,3)13-8(12)5-4-7(11)6-10;1-2-3;1-2/h5,7,14,17,27H,6,8-13H2,1-4H3;1-2,6,10,12,21H,3-5,7-9,18H2;1-2,6,8,15H,3-5,7H2;7,11H,4-6H2,1-3H3;3H,2H2,1H3;2H,1H3/t17-;12-;;7-;;/m00.0../s1. The zero-order valence-electron chi connectivity index (χ0n) is 53.1. The number of aryl methyl sites for hydroxylation is 1. The molecule has 8 N–H and O–H groups in total. The molecule has 0 aliphatic carbocycles. The number of aliphatic hydroxyl groups is 5. The first-order chi connectivity index (χ1) is 42.9. The van der Waals surface area contributed by atoms with Gasteiger partial charge in [-0.2, -0.15) is 0 Å². The van der Waals surface area contributed by atoms with Crippen molar-refractivity contribution >= 4 is 58.3 Å². The number of β-amino-alcohol motifs (C(OH)–C–C–N with tert-alkyl or cyclic N) is 2. The van der Waals surface area contributed by atoms with Gasteiger partial charge in [-0.15, -0.1) is 11.6 Å². The molecule has 0 amide bonds. The molecule has 0 radical (unpaired) electrons. The van der Waals surface area contributed by atoms with Crippen molar-refractivity contribution in [1.82, 2.24) is 30.1 Å². The first-order valence-corrected chi connectivity index (χ1v) is 31.4. The van der Waals surface area contributed by atoms with Crippen molar-refractivity contribution in [2.45, 2.75) is 169 Å². The smallest absolute Gasteiger partial charge is 0.306 e. The van der Waals surface area contributed by atoms with E-state index in [9.17, 15) is 19.8 Å². The summed E-state index contributed by atoms with van der Waals surface area (Å²) in [7, 11) is 1.00. The molecule has 0 fully saturated rings. The van der Waals surface area contributed by atoms with Gasteiger partial charge >= 0.3 is 11.9 Å². The molecule has 3 aromatic heterocycles. The Morgan fingerprint density at radius 3 is 1.50 bits per heavy atom. The number of alkyl halides is 1. The number of benzene rings is 3.